The predicted molar refractivity (Wildman–Crippen MR) is 247 cm³/mol. The van der Waals surface area contributed by atoms with Crippen molar-refractivity contribution >= 4 is 46.2 Å². The standard InChI is InChI=1S/C57H35BN2/c1-34-32-40-39-20-14-27-47-54(39)60(51-31-13-11-26-46(51)57(47)43-23-8-4-18-37(43)38-19-5-9-24-44(38)57)58-49-29-15-28-48-55(49)59(52(33-34)53(40)58)50-30-12-10-25-45(50)56(48)41-21-6-2-16-35(41)36-17-3-7-22-42(36)56/h2-33H,1H3. The number of fused-ring (bicyclic) bond motifs is 22. The Balaban J connectivity index is 1.11. The summed E-state index contributed by atoms with van der Waals surface area (Å²) in [7, 11) is 0. The summed E-state index contributed by atoms with van der Waals surface area (Å²) in [5, 5.41) is 0. The van der Waals surface area contributed by atoms with Crippen LogP contribution in [0.5, 0.6) is 0 Å². The van der Waals surface area contributed by atoms with Crippen molar-refractivity contribution in [2.75, 3.05) is 9.71 Å². The van der Waals surface area contributed by atoms with E-state index >= 15 is 0 Å². The lowest BCUT2D eigenvalue weighted by Crippen LogP contribution is -2.64. The fraction of sp³-hybridized carbons (Fsp3) is 0.0526. The van der Waals surface area contributed by atoms with Gasteiger partial charge in [-0.05, 0) is 114 Å². The maximum Gasteiger partial charge on any atom is 0.333 e. The molecule has 9 aromatic rings. The summed E-state index contributed by atoms with van der Waals surface area (Å²) in [4.78, 5) is 5.40. The first-order valence-corrected chi connectivity index (χ1v) is 21.3. The molecular formula is C57H35BN2. The summed E-state index contributed by atoms with van der Waals surface area (Å²) < 4.78 is 0. The monoisotopic (exact) mass is 758 g/mol. The second kappa shape index (κ2) is 10.6. The van der Waals surface area contributed by atoms with E-state index in [9.17, 15) is 0 Å². The molecule has 0 saturated heterocycles. The van der Waals surface area contributed by atoms with Gasteiger partial charge in [0, 0.05) is 28.3 Å². The molecule has 0 bridgehead atoms. The van der Waals surface area contributed by atoms with E-state index in [4.69, 9.17) is 0 Å². The molecule has 4 heterocycles. The largest absolute Gasteiger partial charge is 0.376 e. The molecule has 4 aliphatic heterocycles. The molecule has 0 radical (unpaired) electrons. The molecule has 3 heteroatoms. The van der Waals surface area contributed by atoms with Crippen LogP contribution in [-0.4, -0.2) is 6.85 Å². The quantitative estimate of drug-likeness (QED) is 0.142. The molecule has 2 spiro atoms. The number of nitrogens with zero attached hydrogens (tertiary/aromatic N) is 2. The van der Waals surface area contributed by atoms with Crippen molar-refractivity contribution in [3.8, 4) is 33.4 Å². The normalized spacial score (nSPS) is 15.9. The molecular weight excluding hydrogens is 723 g/mol. The molecule has 0 saturated carbocycles. The van der Waals surface area contributed by atoms with Gasteiger partial charge < -0.3 is 9.71 Å². The molecule has 6 aliphatic rings. The van der Waals surface area contributed by atoms with Crippen LogP contribution in [0.1, 0.15) is 50.1 Å². The molecule has 0 amide bonds. The number of hydrogen-bond acceptors (Lipinski definition) is 2. The van der Waals surface area contributed by atoms with Crippen molar-refractivity contribution in [3.05, 3.63) is 244 Å². The Morgan fingerprint density at radius 1 is 0.350 bits per heavy atom. The number of anilines is 5. The van der Waals surface area contributed by atoms with E-state index in [2.05, 4.69) is 211 Å². The summed E-state index contributed by atoms with van der Waals surface area (Å²) in [6.45, 7) is 2.23. The van der Waals surface area contributed by atoms with Crippen molar-refractivity contribution in [2.45, 2.75) is 17.8 Å². The SMILES string of the molecule is Cc1cc2c3c(c1)N1c4ccccc4C4(c5ccccc5-c5ccccc54)c4cccc(c41)B3N1c3ccccc3C3(c4ccccc4-c4ccccc43)c3cccc-2c31. The van der Waals surface area contributed by atoms with Crippen LogP contribution in [0.2, 0.25) is 0 Å². The van der Waals surface area contributed by atoms with Crippen molar-refractivity contribution in [3.63, 3.8) is 0 Å². The van der Waals surface area contributed by atoms with E-state index in [1.807, 2.05) is 0 Å². The number of rotatable bonds is 0. The van der Waals surface area contributed by atoms with Crippen LogP contribution < -0.4 is 20.6 Å². The average molecular weight is 759 g/mol. The van der Waals surface area contributed by atoms with Gasteiger partial charge >= 0.3 is 6.85 Å². The molecule has 2 aliphatic carbocycles. The van der Waals surface area contributed by atoms with Gasteiger partial charge in [-0.2, -0.15) is 0 Å². The first-order valence-electron chi connectivity index (χ1n) is 21.3. The molecule has 60 heavy (non-hydrogen) atoms. The predicted octanol–water partition coefficient (Wildman–Crippen LogP) is 12.1. The first kappa shape index (κ1) is 31.6. The Hall–Kier alpha value is -7.36. The Morgan fingerprint density at radius 2 is 0.783 bits per heavy atom. The fourth-order valence-corrected chi connectivity index (χ4v) is 13.2. The topological polar surface area (TPSA) is 6.48 Å². The van der Waals surface area contributed by atoms with Crippen LogP contribution in [0.4, 0.5) is 28.4 Å². The van der Waals surface area contributed by atoms with Gasteiger partial charge in [0.05, 0.1) is 16.5 Å². The minimum atomic E-state index is -0.478. The van der Waals surface area contributed by atoms with Gasteiger partial charge in [-0.15, -0.1) is 0 Å². The van der Waals surface area contributed by atoms with Crippen LogP contribution in [0.3, 0.4) is 0 Å². The zero-order valence-electron chi connectivity index (χ0n) is 32.9. The molecule has 15 rings (SSSR count). The fourth-order valence-electron chi connectivity index (χ4n) is 13.2. The molecule has 0 unspecified atom stereocenters. The maximum absolute atomic E-state index is 2.76. The van der Waals surface area contributed by atoms with Crippen molar-refractivity contribution in [1.29, 1.82) is 0 Å². The lowest BCUT2D eigenvalue weighted by Gasteiger charge is -2.54. The van der Waals surface area contributed by atoms with E-state index in [0.717, 1.165) is 0 Å². The van der Waals surface area contributed by atoms with Crippen LogP contribution >= 0.6 is 0 Å². The number of hydrogen-bond donors (Lipinski definition) is 0. The highest BCUT2D eigenvalue weighted by molar-refractivity contribution is 6.93. The molecule has 0 atom stereocenters. The highest BCUT2D eigenvalue weighted by Crippen LogP contribution is 2.67. The second-order valence-corrected chi connectivity index (χ2v) is 17.5. The van der Waals surface area contributed by atoms with E-state index in [0.29, 0.717) is 0 Å². The average Bonchev–Trinajstić information content (AvgIpc) is 3.77. The minimum absolute atomic E-state index is 0.0601. The third kappa shape index (κ3) is 3.29. The zero-order valence-corrected chi connectivity index (χ0v) is 32.9. The number of para-hydroxylation sites is 4. The summed E-state index contributed by atoms with van der Waals surface area (Å²) in [5.41, 5.74) is 28.3. The lowest BCUT2D eigenvalue weighted by molar-refractivity contribution is 0.752. The van der Waals surface area contributed by atoms with Gasteiger partial charge in [0.2, 0.25) is 0 Å². The van der Waals surface area contributed by atoms with Crippen LogP contribution in [0.25, 0.3) is 33.4 Å². The summed E-state index contributed by atoms with van der Waals surface area (Å²) in [6, 6.07) is 74.6. The molecule has 276 valence electrons. The Bertz CT molecular complexity index is 3360. The highest BCUT2D eigenvalue weighted by atomic mass is 15.2. The smallest absolute Gasteiger partial charge is 0.333 e. The second-order valence-electron chi connectivity index (χ2n) is 17.5. The minimum Gasteiger partial charge on any atom is -0.376 e. The summed E-state index contributed by atoms with van der Waals surface area (Å²) >= 11 is 0. The van der Waals surface area contributed by atoms with E-state index in [1.165, 1.54) is 123 Å². The maximum atomic E-state index is 2.76. The Morgan fingerprint density at radius 3 is 1.37 bits per heavy atom. The van der Waals surface area contributed by atoms with Gasteiger partial charge in [-0.1, -0.05) is 176 Å². The van der Waals surface area contributed by atoms with Gasteiger partial charge in [-0.25, -0.2) is 0 Å². The van der Waals surface area contributed by atoms with Gasteiger partial charge in [0.15, 0.2) is 0 Å². The zero-order chi connectivity index (χ0) is 39.1. The van der Waals surface area contributed by atoms with Crippen LogP contribution in [-0.2, 0) is 10.8 Å². The number of aryl methyl sites for hydroxylation is 1. The molecule has 0 N–H and O–H groups in total. The van der Waals surface area contributed by atoms with Crippen molar-refractivity contribution in [1.82, 2.24) is 0 Å². The van der Waals surface area contributed by atoms with Crippen LogP contribution in [0, 0.1) is 6.92 Å². The van der Waals surface area contributed by atoms with Crippen molar-refractivity contribution in [2.24, 2.45) is 0 Å². The molecule has 2 nitrogen and oxygen atoms in total. The summed E-state index contributed by atoms with van der Waals surface area (Å²) in [6.07, 6.45) is 0. The lowest BCUT2D eigenvalue weighted by atomic mass is 9.41. The molecule has 0 fully saturated rings. The van der Waals surface area contributed by atoms with Gasteiger partial charge in [0.25, 0.3) is 0 Å². The third-order valence-corrected chi connectivity index (χ3v) is 15.1. The third-order valence-electron chi connectivity index (χ3n) is 15.1. The summed E-state index contributed by atoms with van der Waals surface area (Å²) in [5.74, 6) is 0. The van der Waals surface area contributed by atoms with E-state index in [1.54, 1.807) is 0 Å². The highest BCUT2D eigenvalue weighted by Gasteiger charge is 2.59. The van der Waals surface area contributed by atoms with Crippen LogP contribution in [0.15, 0.2) is 194 Å². The Kier molecular flexibility index (Phi) is 5.60. The van der Waals surface area contributed by atoms with Gasteiger partial charge in [0.1, 0.15) is 0 Å². The molecule has 0 aromatic heterocycles. The molecule has 9 aromatic carbocycles. The van der Waals surface area contributed by atoms with Gasteiger partial charge in [-0.3, -0.25) is 0 Å². The van der Waals surface area contributed by atoms with Crippen molar-refractivity contribution < 1.29 is 0 Å². The Labute approximate surface area is 349 Å². The van der Waals surface area contributed by atoms with E-state index in [-0.39, 0.29) is 6.85 Å². The van der Waals surface area contributed by atoms with E-state index < -0.39 is 10.8 Å². The number of benzene rings is 9. The first-order chi connectivity index (χ1) is 29.7.